The summed E-state index contributed by atoms with van der Waals surface area (Å²) in [5.74, 6) is 1.08. The zero-order valence-electron chi connectivity index (χ0n) is 18.9. The summed E-state index contributed by atoms with van der Waals surface area (Å²) in [5.41, 5.74) is 1.85. The molecule has 5 aromatic rings. The van der Waals surface area contributed by atoms with E-state index in [1.165, 1.54) is 15.9 Å². The Bertz CT molecular complexity index is 1590. The number of rotatable bonds is 7. The Hall–Kier alpha value is -4.44. The molecule has 0 spiro atoms. The number of carbonyl (C=O) groups is 1. The van der Waals surface area contributed by atoms with E-state index in [4.69, 9.17) is 9.47 Å². The molecule has 0 aliphatic heterocycles. The number of hydrogen-bond donors (Lipinski definition) is 2. The third-order valence-corrected chi connectivity index (χ3v) is 6.05. The molecule has 2 heterocycles. The van der Waals surface area contributed by atoms with Gasteiger partial charge in [0.2, 0.25) is 10.1 Å². The molecule has 0 saturated heterocycles. The van der Waals surface area contributed by atoms with Crippen LogP contribution in [0.5, 0.6) is 11.5 Å². The number of carbonyl (C=O) groups excluding carboxylic acids is 1. The van der Waals surface area contributed by atoms with Gasteiger partial charge in [-0.25, -0.2) is 4.98 Å². The SMILES string of the molecule is CCOc1ccc(NC(=O)c2ccc3c(=O)n4nc(Nc5ccccc5OC)sc4nc3c2)cc1. The van der Waals surface area contributed by atoms with Crippen molar-refractivity contribution in [1.29, 1.82) is 0 Å². The lowest BCUT2D eigenvalue weighted by Gasteiger charge is -2.08. The fourth-order valence-corrected chi connectivity index (χ4v) is 4.38. The van der Waals surface area contributed by atoms with Gasteiger partial charge in [0.1, 0.15) is 11.5 Å². The smallest absolute Gasteiger partial charge is 0.283 e. The molecular weight excluding hydrogens is 466 g/mol. The normalized spacial score (nSPS) is 10.9. The van der Waals surface area contributed by atoms with Gasteiger partial charge in [-0.2, -0.15) is 4.52 Å². The van der Waals surface area contributed by atoms with Gasteiger partial charge in [-0.1, -0.05) is 23.5 Å². The molecule has 9 nitrogen and oxygen atoms in total. The first kappa shape index (κ1) is 22.4. The summed E-state index contributed by atoms with van der Waals surface area (Å²) >= 11 is 1.22. The number of fused-ring (bicyclic) bond motifs is 2. The van der Waals surface area contributed by atoms with Crippen LogP contribution in [0.25, 0.3) is 15.9 Å². The van der Waals surface area contributed by atoms with Crippen LogP contribution in [0.3, 0.4) is 0 Å². The van der Waals surface area contributed by atoms with Crippen LogP contribution in [0.4, 0.5) is 16.5 Å². The van der Waals surface area contributed by atoms with Gasteiger partial charge in [-0.05, 0) is 61.5 Å². The minimum atomic E-state index is -0.312. The first-order valence-corrected chi connectivity index (χ1v) is 11.7. The van der Waals surface area contributed by atoms with Crippen LogP contribution < -0.4 is 25.7 Å². The summed E-state index contributed by atoms with van der Waals surface area (Å²) in [5, 5.41) is 11.3. The van der Waals surface area contributed by atoms with E-state index in [0.29, 0.717) is 44.6 Å². The lowest BCUT2D eigenvalue weighted by atomic mass is 10.1. The van der Waals surface area contributed by atoms with Gasteiger partial charge in [0.25, 0.3) is 11.5 Å². The number of nitrogens with zero attached hydrogens (tertiary/aromatic N) is 3. The molecule has 0 fully saturated rings. The summed E-state index contributed by atoms with van der Waals surface area (Å²) in [4.78, 5) is 30.8. The van der Waals surface area contributed by atoms with E-state index in [-0.39, 0.29) is 11.5 Å². The highest BCUT2D eigenvalue weighted by Crippen LogP contribution is 2.29. The molecule has 0 radical (unpaired) electrons. The fraction of sp³-hybridized carbons (Fsp3) is 0.120. The average molecular weight is 488 g/mol. The summed E-state index contributed by atoms with van der Waals surface area (Å²) in [6, 6.07) is 19.3. The number of para-hydroxylation sites is 2. The molecule has 35 heavy (non-hydrogen) atoms. The third kappa shape index (κ3) is 4.51. The molecule has 1 amide bonds. The molecule has 3 aromatic carbocycles. The molecule has 5 rings (SSSR count). The van der Waals surface area contributed by atoms with Crippen molar-refractivity contribution in [2.45, 2.75) is 6.92 Å². The molecule has 0 atom stereocenters. The Balaban J connectivity index is 1.43. The molecule has 0 aliphatic carbocycles. The van der Waals surface area contributed by atoms with Crippen LogP contribution in [0.2, 0.25) is 0 Å². The quantitative estimate of drug-likeness (QED) is 0.342. The zero-order chi connectivity index (χ0) is 24.4. The van der Waals surface area contributed by atoms with Gasteiger partial charge in [-0.15, -0.1) is 5.10 Å². The van der Waals surface area contributed by atoms with E-state index < -0.39 is 0 Å². The van der Waals surface area contributed by atoms with Gasteiger partial charge in [0.05, 0.1) is 30.3 Å². The van der Waals surface area contributed by atoms with Crippen molar-refractivity contribution in [1.82, 2.24) is 14.6 Å². The van der Waals surface area contributed by atoms with Gasteiger partial charge < -0.3 is 20.1 Å². The number of anilines is 3. The van der Waals surface area contributed by atoms with E-state index >= 15 is 0 Å². The summed E-state index contributed by atoms with van der Waals surface area (Å²) in [6.45, 7) is 2.48. The van der Waals surface area contributed by atoms with Gasteiger partial charge in [-0.3, -0.25) is 9.59 Å². The predicted molar refractivity (Wildman–Crippen MR) is 136 cm³/mol. The molecule has 176 valence electrons. The fourth-order valence-electron chi connectivity index (χ4n) is 3.57. The molecule has 2 N–H and O–H groups in total. The van der Waals surface area contributed by atoms with E-state index in [1.807, 2.05) is 31.2 Å². The number of amides is 1. The van der Waals surface area contributed by atoms with Crippen LogP contribution >= 0.6 is 11.3 Å². The van der Waals surface area contributed by atoms with Crippen molar-refractivity contribution in [3.63, 3.8) is 0 Å². The second-order valence-electron chi connectivity index (χ2n) is 7.49. The van der Waals surface area contributed by atoms with E-state index in [2.05, 4.69) is 20.7 Å². The van der Waals surface area contributed by atoms with Crippen molar-refractivity contribution in [3.05, 3.63) is 82.6 Å². The largest absolute Gasteiger partial charge is 0.495 e. The Labute approximate surface area is 204 Å². The van der Waals surface area contributed by atoms with Gasteiger partial charge >= 0.3 is 0 Å². The van der Waals surface area contributed by atoms with Crippen molar-refractivity contribution < 1.29 is 14.3 Å². The van der Waals surface area contributed by atoms with Crippen molar-refractivity contribution in [2.24, 2.45) is 0 Å². The Kier molecular flexibility index (Phi) is 6.02. The number of ether oxygens (including phenoxy) is 2. The van der Waals surface area contributed by atoms with Crippen LogP contribution in [0.15, 0.2) is 71.5 Å². The summed E-state index contributed by atoms with van der Waals surface area (Å²) in [7, 11) is 1.58. The number of hydrogen-bond acceptors (Lipinski definition) is 8. The highest BCUT2D eigenvalue weighted by molar-refractivity contribution is 7.20. The lowest BCUT2D eigenvalue weighted by molar-refractivity contribution is 0.102. The van der Waals surface area contributed by atoms with Crippen LogP contribution in [-0.4, -0.2) is 34.2 Å². The minimum Gasteiger partial charge on any atom is -0.495 e. The Morgan fingerprint density at radius 3 is 2.66 bits per heavy atom. The number of methoxy groups -OCH3 is 1. The molecule has 0 aliphatic rings. The topological polar surface area (TPSA) is 107 Å². The first-order chi connectivity index (χ1) is 17.1. The molecule has 2 aromatic heterocycles. The molecule has 10 heteroatoms. The maximum Gasteiger partial charge on any atom is 0.283 e. The number of benzene rings is 3. The predicted octanol–water partition coefficient (Wildman–Crippen LogP) is 4.71. The lowest BCUT2D eigenvalue weighted by Crippen LogP contribution is -2.16. The second kappa shape index (κ2) is 9.43. The van der Waals surface area contributed by atoms with Crippen LogP contribution in [0.1, 0.15) is 17.3 Å². The minimum absolute atomic E-state index is 0.305. The maximum absolute atomic E-state index is 13.0. The standard InChI is InChI=1S/C25H21N5O4S/c1-3-34-17-11-9-16(10-12-17)26-22(31)15-8-13-18-20(14-15)28-25-30(23(18)32)29-24(35-25)27-19-6-4-5-7-21(19)33-2/h4-14H,3H2,1-2H3,(H,26,31)(H,27,29). The van der Waals surface area contributed by atoms with Gasteiger partial charge in [0, 0.05) is 11.3 Å². The van der Waals surface area contributed by atoms with Crippen LogP contribution in [0, 0.1) is 0 Å². The Morgan fingerprint density at radius 1 is 1.09 bits per heavy atom. The molecule has 0 bridgehead atoms. The highest BCUT2D eigenvalue weighted by Gasteiger charge is 2.15. The third-order valence-electron chi connectivity index (χ3n) is 5.23. The maximum atomic E-state index is 13.0. The molecular formula is C25H21N5O4S. The Morgan fingerprint density at radius 2 is 1.89 bits per heavy atom. The number of nitrogens with one attached hydrogen (secondary N) is 2. The molecule has 0 unspecified atom stereocenters. The zero-order valence-corrected chi connectivity index (χ0v) is 19.8. The first-order valence-electron chi connectivity index (χ1n) is 10.8. The molecule has 0 saturated carbocycles. The van der Waals surface area contributed by atoms with Crippen molar-refractivity contribution in [2.75, 3.05) is 24.4 Å². The second-order valence-corrected chi connectivity index (χ2v) is 8.44. The van der Waals surface area contributed by atoms with Crippen molar-refractivity contribution in [3.8, 4) is 11.5 Å². The van der Waals surface area contributed by atoms with E-state index in [9.17, 15) is 9.59 Å². The summed E-state index contributed by atoms with van der Waals surface area (Å²) in [6.07, 6.45) is 0. The van der Waals surface area contributed by atoms with Gasteiger partial charge in [0.15, 0.2) is 0 Å². The van der Waals surface area contributed by atoms with Crippen molar-refractivity contribution >= 4 is 49.6 Å². The number of aromatic nitrogens is 3. The summed E-state index contributed by atoms with van der Waals surface area (Å²) < 4.78 is 12.0. The monoisotopic (exact) mass is 487 g/mol. The van der Waals surface area contributed by atoms with Crippen LogP contribution in [-0.2, 0) is 0 Å². The van der Waals surface area contributed by atoms with E-state index in [0.717, 1.165) is 11.4 Å². The van der Waals surface area contributed by atoms with E-state index in [1.54, 1.807) is 49.6 Å². The highest BCUT2D eigenvalue weighted by atomic mass is 32.1. The average Bonchev–Trinajstić information content (AvgIpc) is 3.28.